The molecule has 7 rings (SSSR count). The maximum Gasteiger partial charge on any atom is 0.356 e. The average Bonchev–Trinajstić information content (AvgIpc) is 3.40. The molecule has 3 N–H and O–H groups in total. The number of carboxylic acid groups (broad SMARTS) is 1. The number of nitrogens with zero attached hydrogens (tertiary/aromatic N) is 8. The first-order valence-electron chi connectivity index (χ1n) is 16.7. The van der Waals surface area contributed by atoms with Gasteiger partial charge in [0.1, 0.15) is 0 Å². The van der Waals surface area contributed by atoms with Crippen LogP contribution in [0.25, 0.3) is 27.6 Å². The van der Waals surface area contributed by atoms with E-state index in [1.807, 2.05) is 55.0 Å². The van der Waals surface area contributed by atoms with Crippen LogP contribution in [0, 0.1) is 11.3 Å². The number of carboxylic acids is 1. The first-order chi connectivity index (χ1) is 23.2. The number of fused-ring (bicyclic) bond motifs is 2. The molecule has 1 spiro atoms. The van der Waals surface area contributed by atoms with Crippen LogP contribution in [0.2, 0.25) is 0 Å². The Morgan fingerprint density at radius 3 is 2.60 bits per heavy atom. The Morgan fingerprint density at radius 2 is 1.92 bits per heavy atom. The number of pyridine rings is 1. The summed E-state index contributed by atoms with van der Waals surface area (Å²) in [6.45, 7) is 9.48. The molecule has 0 atom stereocenters. The molecule has 1 saturated heterocycles. The molecular weight excluding hydrogens is 606 g/mol. The molecule has 1 aromatic carbocycles. The lowest BCUT2D eigenvalue weighted by atomic mass is 9.57. The zero-order valence-corrected chi connectivity index (χ0v) is 28.1. The van der Waals surface area contributed by atoms with Crippen molar-refractivity contribution in [2.24, 2.45) is 29.1 Å². The number of aliphatic imine (C=N–C) groups is 1. The van der Waals surface area contributed by atoms with Crippen molar-refractivity contribution in [1.82, 2.24) is 29.9 Å². The molecule has 1 saturated carbocycles. The Kier molecular flexibility index (Phi) is 9.25. The minimum atomic E-state index is -1.07. The molecular formula is C36H43N9O3. The summed E-state index contributed by atoms with van der Waals surface area (Å²) in [7, 11) is 1.97. The Hall–Kier alpha value is -5.13. The first kappa shape index (κ1) is 32.8. The van der Waals surface area contributed by atoms with Crippen LogP contribution in [0.1, 0.15) is 67.5 Å². The van der Waals surface area contributed by atoms with Gasteiger partial charge in [0.2, 0.25) is 5.91 Å². The SMILES string of the molecule is CC.CC(=O)N1CCc2c(c(-c3cccc4cc(/C(C=NCCC5CC6(C5)CN(c5ccc(C(=O)O)nn5)C6)=C/N)ncc34)nn2C)C1. The highest BCUT2D eigenvalue weighted by molar-refractivity contribution is 6.10. The van der Waals surface area contributed by atoms with E-state index in [1.54, 1.807) is 19.2 Å². The fourth-order valence-electron chi connectivity index (χ4n) is 7.39. The Bertz CT molecular complexity index is 1880. The monoisotopic (exact) mass is 649 g/mol. The van der Waals surface area contributed by atoms with Gasteiger partial charge in [-0.1, -0.05) is 32.0 Å². The summed E-state index contributed by atoms with van der Waals surface area (Å²) in [5, 5.41) is 23.8. The van der Waals surface area contributed by atoms with Gasteiger partial charge in [0, 0.05) is 105 Å². The number of carbonyl (C=O) groups is 2. The van der Waals surface area contributed by atoms with Gasteiger partial charge in [-0.2, -0.15) is 5.10 Å². The standard InChI is InChI=1S/C34H37N9O3.C2H6/c1-21(44)42-11-9-30-27(18-42)32(40-41(30)2)25-5-3-4-23-12-29(37-17-26(23)25)24(15-35)16-36-10-8-22-13-34(14-22)19-43(20-34)31-7-6-28(33(45)46)38-39-31;1-2/h3-7,12,15-17,22H,8-11,13-14,18-20,35H2,1-2H3,(H,45,46);1-2H3/b24-15+,36-16?;. The number of anilines is 1. The van der Waals surface area contributed by atoms with Crippen LogP contribution in [0.4, 0.5) is 5.82 Å². The molecule has 3 aliphatic rings. The normalized spacial score (nSPS) is 17.1. The summed E-state index contributed by atoms with van der Waals surface area (Å²) in [5.41, 5.74) is 12.0. The molecule has 5 heterocycles. The van der Waals surface area contributed by atoms with Crippen molar-refractivity contribution in [1.29, 1.82) is 0 Å². The van der Waals surface area contributed by atoms with Crippen molar-refractivity contribution < 1.29 is 14.7 Å². The molecule has 48 heavy (non-hydrogen) atoms. The summed E-state index contributed by atoms with van der Waals surface area (Å²) >= 11 is 0. The zero-order chi connectivity index (χ0) is 34.0. The number of nitrogens with two attached hydrogens (primary N) is 1. The van der Waals surface area contributed by atoms with E-state index in [-0.39, 0.29) is 11.6 Å². The number of aromatic carboxylic acids is 1. The number of allylic oxidation sites excluding steroid dienone is 1. The van der Waals surface area contributed by atoms with Crippen LogP contribution in [-0.2, 0) is 24.8 Å². The predicted octanol–water partition coefficient (Wildman–Crippen LogP) is 4.73. The van der Waals surface area contributed by atoms with Crippen LogP contribution in [0.5, 0.6) is 0 Å². The number of aromatic nitrogens is 5. The molecule has 3 aromatic heterocycles. The van der Waals surface area contributed by atoms with Crippen molar-refractivity contribution in [2.75, 3.05) is 31.1 Å². The van der Waals surface area contributed by atoms with Gasteiger partial charge in [0.25, 0.3) is 0 Å². The van der Waals surface area contributed by atoms with Crippen LogP contribution in [-0.4, -0.2) is 79.2 Å². The third kappa shape index (κ3) is 6.26. The lowest BCUT2D eigenvalue weighted by molar-refractivity contribution is -0.129. The Balaban J connectivity index is 0.00000197. The van der Waals surface area contributed by atoms with E-state index < -0.39 is 5.97 Å². The third-order valence-electron chi connectivity index (χ3n) is 9.77. The number of rotatable bonds is 8. The quantitative estimate of drug-likeness (QED) is 0.258. The number of aryl methyl sites for hydroxylation is 1. The van der Waals surface area contributed by atoms with Gasteiger partial charge in [-0.15, -0.1) is 10.2 Å². The second-order valence-electron chi connectivity index (χ2n) is 12.8. The van der Waals surface area contributed by atoms with Crippen molar-refractivity contribution in [3.63, 3.8) is 0 Å². The first-order valence-corrected chi connectivity index (χ1v) is 16.7. The summed E-state index contributed by atoms with van der Waals surface area (Å²) in [6, 6.07) is 11.4. The smallest absolute Gasteiger partial charge is 0.356 e. The van der Waals surface area contributed by atoms with Gasteiger partial charge in [0.15, 0.2) is 11.5 Å². The Morgan fingerprint density at radius 1 is 1.12 bits per heavy atom. The summed E-state index contributed by atoms with van der Waals surface area (Å²) in [4.78, 5) is 36.6. The van der Waals surface area contributed by atoms with Gasteiger partial charge < -0.3 is 20.6 Å². The molecule has 2 fully saturated rings. The molecule has 2 aliphatic heterocycles. The fraction of sp³-hybridized carbons (Fsp3) is 0.417. The van der Waals surface area contributed by atoms with Crippen LogP contribution < -0.4 is 10.6 Å². The van der Waals surface area contributed by atoms with Gasteiger partial charge in [-0.25, -0.2) is 4.79 Å². The number of hydrogen-bond donors (Lipinski definition) is 2. The fourth-order valence-corrected chi connectivity index (χ4v) is 7.39. The predicted molar refractivity (Wildman–Crippen MR) is 187 cm³/mol. The van der Waals surface area contributed by atoms with Crippen molar-refractivity contribution in [2.45, 2.75) is 53.0 Å². The highest BCUT2D eigenvalue weighted by Gasteiger charge is 2.52. The Labute approximate surface area is 280 Å². The number of hydrogen-bond acceptors (Lipinski definition) is 9. The molecule has 12 heteroatoms. The number of carbonyl (C=O) groups excluding carboxylic acids is 1. The second kappa shape index (κ2) is 13.5. The average molecular weight is 650 g/mol. The number of benzene rings is 1. The lowest BCUT2D eigenvalue weighted by Crippen LogP contribution is -2.62. The largest absolute Gasteiger partial charge is 0.476 e. The zero-order valence-electron chi connectivity index (χ0n) is 28.1. The summed E-state index contributed by atoms with van der Waals surface area (Å²) in [5.74, 6) is 0.389. The van der Waals surface area contributed by atoms with Crippen LogP contribution in [0.15, 0.2) is 53.8 Å². The molecule has 250 valence electrons. The van der Waals surface area contributed by atoms with E-state index in [1.165, 1.54) is 24.6 Å². The van der Waals surface area contributed by atoms with E-state index in [0.29, 0.717) is 24.4 Å². The third-order valence-corrected chi connectivity index (χ3v) is 9.77. The van der Waals surface area contributed by atoms with E-state index >= 15 is 0 Å². The van der Waals surface area contributed by atoms with Crippen LogP contribution in [0.3, 0.4) is 0 Å². The van der Waals surface area contributed by atoms with Gasteiger partial charge in [-0.05, 0) is 48.8 Å². The molecule has 0 unspecified atom stereocenters. The maximum absolute atomic E-state index is 12.1. The lowest BCUT2D eigenvalue weighted by Gasteiger charge is -2.59. The van der Waals surface area contributed by atoms with E-state index in [4.69, 9.17) is 25.9 Å². The highest BCUT2D eigenvalue weighted by Crippen LogP contribution is 2.53. The van der Waals surface area contributed by atoms with E-state index in [0.717, 1.165) is 77.2 Å². The van der Waals surface area contributed by atoms with Crippen LogP contribution >= 0.6 is 0 Å². The molecule has 1 aliphatic carbocycles. The summed E-state index contributed by atoms with van der Waals surface area (Å²) in [6.07, 6.45) is 9.40. The minimum Gasteiger partial charge on any atom is -0.476 e. The topological polar surface area (TPSA) is 156 Å². The molecule has 4 aromatic rings. The molecule has 1 amide bonds. The molecule has 0 radical (unpaired) electrons. The maximum atomic E-state index is 12.1. The minimum absolute atomic E-state index is 0.0378. The summed E-state index contributed by atoms with van der Waals surface area (Å²) < 4.78 is 1.94. The van der Waals surface area contributed by atoms with Gasteiger partial charge in [0.05, 0.1) is 11.4 Å². The van der Waals surface area contributed by atoms with E-state index in [9.17, 15) is 9.59 Å². The van der Waals surface area contributed by atoms with Crippen molar-refractivity contribution in [3.8, 4) is 11.3 Å². The molecule has 0 bridgehead atoms. The van der Waals surface area contributed by atoms with Crippen molar-refractivity contribution >= 4 is 40.3 Å². The highest BCUT2D eigenvalue weighted by atomic mass is 16.4. The van der Waals surface area contributed by atoms with Gasteiger partial charge >= 0.3 is 5.97 Å². The van der Waals surface area contributed by atoms with Gasteiger partial charge in [-0.3, -0.25) is 19.5 Å². The van der Waals surface area contributed by atoms with Crippen molar-refractivity contribution in [3.05, 3.63) is 71.4 Å². The molecule has 12 nitrogen and oxygen atoms in total. The van der Waals surface area contributed by atoms with E-state index in [2.05, 4.69) is 27.2 Å². The number of amides is 1. The second-order valence-corrected chi connectivity index (χ2v) is 12.8.